The first kappa shape index (κ1) is 14.3. The number of hydrazone groups is 1. The Kier molecular flexibility index (Phi) is 4.45. The molecule has 7 heteroatoms. The summed E-state index contributed by atoms with van der Waals surface area (Å²) in [6.45, 7) is 0. The Morgan fingerprint density at radius 3 is 2.91 bits per heavy atom. The van der Waals surface area contributed by atoms with Gasteiger partial charge in [-0.3, -0.25) is 9.78 Å². The minimum atomic E-state index is -0.184. The van der Waals surface area contributed by atoms with Crippen LogP contribution in [0.3, 0.4) is 0 Å². The lowest BCUT2D eigenvalue weighted by atomic mass is 10.3. The van der Waals surface area contributed by atoms with Crippen LogP contribution in [-0.4, -0.2) is 32.8 Å². The number of nitrogens with one attached hydrogen (secondary N) is 2. The predicted molar refractivity (Wildman–Crippen MR) is 86.8 cm³/mol. The van der Waals surface area contributed by atoms with E-state index in [1.165, 1.54) is 11.8 Å². The highest BCUT2D eigenvalue weighted by molar-refractivity contribution is 7.99. The summed E-state index contributed by atoms with van der Waals surface area (Å²) in [4.78, 5) is 23.2. The fourth-order valence-corrected chi connectivity index (χ4v) is 2.47. The van der Waals surface area contributed by atoms with Gasteiger partial charge in [0.1, 0.15) is 0 Å². The molecule has 0 saturated carbocycles. The molecule has 0 radical (unpaired) electrons. The van der Waals surface area contributed by atoms with Crippen molar-refractivity contribution in [3.63, 3.8) is 0 Å². The average Bonchev–Trinajstić information content (AvgIpc) is 2.97. The van der Waals surface area contributed by atoms with Crippen LogP contribution >= 0.6 is 11.8 Å². The number of thioether (sulfide) groups is 1. The van der Waals surface area contributed by atoms with E-state index in [9.17, 15) is 4.79 Å². The van der Waals surface area contributed by atoms with Gasteiger partial charge in [-0.1, -0.05) is 23.9 Å². The molecule has 2 heterocycles. The van der Waals surface area contributed by atoms with E-state index in [0.29, 0.717) is 0 Å². The normalized spacial score (nSPS) is 11.1. The summed E-state index contributed by atoms with van der Waals surface area (Å²) in [5, 5.41) is 4.62. The van der Waals surface area contributed by atoms with Gasteiger partial charge in [-0.25, -0.2) is 10.4 Å². The molecule has 2 aromatic heterocycles. The van der Waals surface area contributed by atoms with E-state index in [1.54, 1.807) is 30.7 Å². The molecule has 6 nitrogen and oxygen atoms in total. The van der Waals surface area contributed by atoms with Gasteiger partial charge >= 0.3 is 0 Å². The molecule has 0 aliphatic rings. The first-order chi connectivity index (χ1) is 10.8. The van der Waals surface area contributed by atoms with E-state index in [2.05, 4.69) is 25.5 Å². The average molecular weight is 311 g/mol. The van der Waals surface area contributed by atoms with Crippen molar-refractivity contribution < 1.29 is 4.79 Å². The lowest BCUT2D eigenvalue weighted by molar-refractivity contribution is -0.118. The molecule has 3 rings (SSSR count). The predicted octanol–water partition coefficient (Wildman–Crippen LogP) is 2.20. The van der Waals surface area contributed by atoms with E-state index >= 15 is 0 Å². The van der Waals surface area contributed by atoms with E-state index in [4.69, 9.17) is 0 Å². The third-order valence-corrected chi connectivity index (χ3v) is 3.69. The second kappa shape index (κ2) is 6.86. The summed E-state index contributed by atoms with van der Waals surface area (Å²) in [5.41, 5.74) is 5.21. The van der Waals surface area contributed by atoms with Crippen LogP contribution < -0.4 is 5.43 Å². The van der Waals surface area contributed by atoms with Crippen molar-refractivity contribution in [2.45, 2.75) is 5.16 Å². The Labute approximate surface area is 131 Å². The maximum absolute atomic E-state index is 11.7. The molecule has 0 fully saturated rings. The van der Waals surface area contributed by atoms with E-state index in [1.807, 2.05) is 24.3 Å². The number of imidazole rings is 1. The molecule has 0 unspecified atom stereocenters. The molecule has 1 aromatic carbocycles. The monoisotopic (exact) mass is 311 g/mol. The van der Waals surface area contributed by atoms with Gasteiger partial charge in [0.05, 0.1) is 23.0 Å². The number of benzene rings is 1. The Hall–Kier alpha value is -2.67. The van der Waals surface area contributed by atoms with Gasteiger partial charge < -0.3 is 4.98 Å². The number of amides is 1. The van der Waals surface area contributed by atoms with Crippen molar-refractivity contribution in [2.75, 3.05) is 5.75 Å². The summed E-state index contributed by atoms with van der Waals surface area (Å²) < 4.78 is 0. The number of hydrogen-bond donors (Lipinski definition) is 2. The van der Waals surface area contributed by atoms with E-state index < -0.39 is 0 Å². The highest BCUT2D eigenvalue weighted by atomic mass is 32.2. The van der Waals surface area contributed by atoms with Crippen molar-refractivity contribution in [3.8, 4) is 0 Å². The van der Waals surface area contributed by atoms with Crippen LogP contribution in [0.2, 0.25) is 0 Å². The van der Waals surface area contributed by atoms with Crippen LogP contribution in [0.5, 0.6) is 0 Å². The first-order valence-corrected chi connectivity index (χ1v) is 7.59. The van der Waals surface area contributed by atoms with Crippen LogP contribution in [0.15, 0.2) is 59.0 Å². The van der Waals surface area contributed by atoms with Gasteiger partial charge in [0.25, 0.3) is 5.91 Å². The van der Waals surface area contributed by atoms with Crippen LogP contribution in [-0.2, 0) is 4.79 Å². The number of rotatable bonds is 5. The second-order valence-corrected chi connectivity index (χ2v) is 5.39. The number of H-pyrrole nitrogens is 1. The highest BCUT2D eigenvalue weighted by Gasteiger charge is 2.05. The number of aromatic nitrogens is 3. The van der Waals surface area contributed by atoms with Crippen molar-refractivity contribution in [1.82, 2.24) is 20.4 Å². The topological polar surface area (TPSA) is 83.0 Å². The van der Waals surface area contributed by atoms with Crippen LogP contribution in [0.4, 0.5) is 0 Å². The van der Waals surface area contributed by atoms with Crippen molar-refractivity contribution in [1.29, 1.82) is 0 Å². The number of para-hydroxylation sites is 2. The fraction of sp³-hybridized carbons (Fsp3) is 0.0667. The molecule has 1 amide bonds. The molecule has 0 saturated heterocycles. The number of carbonyl (C=O) groups excluding carboxylic acids is 1. The standard InChI is InChI=1S/C15H13N5OS/c21-14(20-17-9-11-5-7-16-8-6-11)10-22-15-18-12-3-1-2-4-13(12)19-15/h1-9H,10H2,(H,18,19)(H,20,21). The van der Waals surface area contributed by atoms with Gasteiger partial charge in [-0.15, -0.1) is 0 Å². The number of carbonyl (C=O) groups is 1. The van der Waals surface area contributed by atoms with Crippen LogP contribution in [0.1, 0.15) is 5.56 Å². The van der Waals surface area contributed by atoms with Crippen molar-refractivity contribution in [2.24, 2.45) is 5.10 Å². The van der Waals surface area contributed by atoms with Gasteiger partial charge in [-0.2, -0.15) is 5.10 Å². The summed E-state index contributed by atoms with van der Waals surface area (Å²) in [6.07, 6.45) is 4.91. The lowest BCUT2D eigenvalue weighted by Crippen LogP contribution is -2.19. The number of hydrogen-bond acceptors (Lipinski definition) is 5. The quantitative estimate of drug-likeness (QED) is 0.430. The Balaban J connectivity index is 1.51. The zero-order valence-electron chi connectivity index (χ0n) is 11.6. The maximum atomic E-state index is 11.7. The lowest BCUT2D eigenvalue weighted by Gasteiger charge is -1.97. The van der Waals surface area contributed by atoms with Gasteiger partial charge in [0.15, 0.2) is 5.16 Å². The largest absolute Gasteiger partial charge is 0.333 e. The third kappa shape index (κ3) is 3.70. The molecular formula is C15H13N5OS. The Morgan fingerprint density at radius 1 is 1.27 bits per heavy atom. The second-order valence-electron chi connectivity index (χ2n) is 4.42. The molecule has 0 atom stereocenters. The zero-order valence-corrected chi connectivity index (χ0v) is 12.4. The summed E-state index contributed by atoms with van der Waals surface area (Å²) in [7, 11) is 0. The minimum absolute atomic E-state index is 0.184. The zero-order chi connectivity index (χ0) is 15.2. The molecule has 22 heavy (non-hydrogen) atoms. The molecule has 0 bridgehead atoms. The summed E-state index contributed by atoms with van der Waals surface area (Å²) >= 11 is 1.34. The van der Waals surface area contributed by atoms with E-state index in [-0.39, 0.29) is 11.7 Å². The molecule has 3 aromatic rings. The van der Waals surface area contributed by atoms with Crippen molar-refractivity contribution in [3.05, 3.63) is 54.4 Å². The maximum Gasteiger partial charge on any atom is 0.250 e. The number of pyridine rings is 1. The smallest absolute Gasteiger partial charge is 0.250 e. The van der Waals surface area contributed by atoms with Gasteiger partial charge in [0, 0.05) is 12.4 Å². The van der Waals surface area contributed by atoms with Crippen molar-refractivity contribution >= 4 is 34.9 Å². The number of nitrogens with zero attached hydrogens (tertiary/aromatic N) is 3. The van der Waals surface area contributed by atoms with E-state index in [0.717, 1.165) is 21.8 Å². The Bertz CT molecular complexity index is 767. The summed E-state index contributed by atoms with van der Waals surface area (Å²) in [5.74, 6) is 0.0591. The minimum Gasteiger partial charge on any atom is -0.333 e. The van der Waals surface area contributed by atoms with Crippen LogP contribution in [0.25, 0.3) is 11.0 Å². The van der Waals surface area contributed by atoms with Crippen LogP contribution in [0, 0.1) is 0 Å². The number of fused-ring (bicyclic) bond motifs is 1. The molecular weight excluding hydrogens is 298 g/mol. The molecule has 0 spiro atoms. The molecule has 110 valence electrons. The SMILES string of the molecule is O=C(CSc1nc2ccccc2[nH]1)NN=Cc1ccncc1. The molecule has 2 N–H and O–H groups in total. The first-order valence-electron chi connectivity index (χ1n) is 6.61. The highest BCUT2D eigenvalue weighted by Crippen LogP contribution is 2.18. The fourth-order valence-electron chi connectivity index (χ4n) is 1.79. The van der Waals surface area contributed by atoms with Gasteiger partial charge in [-0.05, 0) is 29.8 Å². The Morgan fingerprint density at radius 2 is 2.09 bits per heavy atom. The molecule has 0 aliphatic carbocycles. The number of aromatic amines is 1. The molecule has 0 aliphatic heterocycles. The summed E-state index contributed by atoms with van der Waals surface area (Å²) in [6, 6.07) is 11.4. The third-order valence-electron chi connectivity index (χ3n) is 2.82. The van der Waals surface area contributed by atoms with Gasteiger partial charge in [0.2, 0.25) is 0 Å².